The lowest BCUT2D eigenvalue weighted by Crippen LogP contribution is -2.28. The molecule has 1 aliphatic rings. The molecule has 0 saturated heterocycles. The summed E-state index contributed by atoms with van der Waals surface area (Å²) in [6.45, 7) is 6.81. The third kappa shape index (κ3) is 6.46. The summed E-state index contributed by atoms with van der Waals surface area (Å²) in [6.07, 6.45) is -4.15. The number of fused-ring (bicyclic) bond motifs is 1. The summed E-state index contributed by atoms with van der Waals surface area (Å²) in [5.74, 6) is 0.751. The van der Waals surface area contributed by atoms with Gasteiger partial charge in [0.05, 0.1) is 19.8 Å². The van der Waals surface area contributed by atoms with Gasteiger partial charge < -0.3 is 29.5 Å². The fraction of sp³-hybridized carbons (Fsp3) is 0.286. The van der Waals surface area contributed by atoms with Gasteiger partial charge in [0, 0.05) is 52.9 Å². The van der Waals surface area contributed by atoms with Crippen LogP contribution in [-0.4, -0.2) is 38.3 Å². The van der Waals surface area contributed by atoms with E-state index in [0.29, 0.717) is 46.6 Å². The Bertz CT molecular complexity index is 1320. The SMILES string of the molecule is C=C(C(Nc1cc(OC)cc(OCCO)c1)c1ccc(Cl)cc1C)N1CCc2ccc(OC(F)(F)F)cc21. The zero-order valence-electron chi connectivity index (χ0n) is 20.9. The van der Waals surface area contributed by atoms with Crippen LogP contribution in [-0.2, 0) is 6.42 Å². The predicted octanol–water partition coefficient (Wildman–Crippen LogP) is 6.66. The molecular weight excluding hydrogens is 521 g/mol. The number of aryl methyl sites for hydroxylation is 1. The number of nitrogens with zero attached hydrogens (tertiary/aromatic N) is 1. The van der Waals surface area contributed by atoms with Gasteiger partial charge in [-0.05, 0) is 48.2 Å². The van der Waals surface area contributed by atoms with E-state index in [0.717, 1.165) is 16.7 Å². The largest absolute Gasteiger partial charge is 0.573 e. The van der Waals surface area contributed by atoms with Gasteiger partial charge in [-0.2, -0.15) is 0 Å². The number of hydrogen-bond donors (Lipinski definition) is 2. The zero-order chi connectivity index (χ0) is 27.4. The Hall–Kier alpha value is -3.56. The minimum Gasteiger partial charge on any atom is -0.497 e. The van der Waals surface area contributed by atoms with Crippen molar-refractivity contribution < 1.29 is 32.5 Å². The van der Waals surface area contributed by atoms with Gasteiger partial charge in [0.1, 0.15) is 23.9 Å². The van der Waals surface area contributed by atoms with Crippen molar-refractivity contribution in [3.63, 3.8) is 0 Å². The third-order valence-corrected chi connectivity index (χ3v) is 6.43. The molecule has 0 aromatic heterocycles. The molecule has 1 unspecified atom stereocenters. The van der Waals surface area contributed by atoms with E-state index < -0.39 is 12.4 Å². The molecule has 38 heavy (non-hydrogen) atoms. The number of anilines is 2. The highest BCUT2D eigenvalue weighted by atomic mass is 35.5. The smallest absolute Gasteiger partial charge is 0.497 e. The summed E-state index contributed by atoms with van der Waals surface area (Å²) in [6, 6.07) is 14.7. The van der Waals surface area contributed by atoms with Crippen LogP contribution < -0.4 is 24.4 Å². The first-order valence-corrected chi connectivity index (χ1v) is 12.3. The van der Waals surface area contributed by atoms with Crippen molar-refractivity contribution in [2.75, 3.05) is 37.1 Å². The van der Waals surface area contributed by atoms with E-state index in [9.17, 15) is 13.2 Å². The monoisotopic (exact) mass is 548 g/mol. The number of alkyl halides is 3. The molecule has 1 aliphatic heterocycles. The molecule has 0 fully saturated rings. The van der Waals surface area contributed by atoms with E-state index in [1.165, 1.54) is 19.2 Å². The minimum absolute atomic E-state index is 0.117. The Kier molecular flexibility index (Phi) is 8.28. The van der Waals surface area contributed by atoms with Gasteiger partial charge in [-0.1, -0.05) is 30.3 Å². The van der Waals surface area contributed by atoms with Gasteiger partial charge >= 0.3 is 6.36 Å². The first kappa shape index (κ1) is 27.5. The second kappa shape index (κ2) is 11.4. The third-order valence-electron chi connectivity index (χ3n) is 6.20. The lowest BCUT2D eigenvalue weighted by atomic mass is 9.97. The van der Waals surface area contributed by atoms with Crippen molar-refractivity contribution in [1.82, 2.24) is 0 Å². The Balaban J connectivity index is 1.72. The Morgan fingerprint density at radius 1 is 1.11 bits per heavy atom. The molecule has 6 nitrogen and oxygen atoms in total. The van der Waals surface area contributed by atoms with Crippen molar-refractivity contribution in [3.8, 4) is 17.2 Å². The van der Waals surface area contributed by atoms with Crippen LogP contribution in [0.2, 0.25) is 5.02 Å². The van der Waals surface area contributed by atoms with Crippen molar-refractivity contribution in [2.24, 2.45) is 0 Å². The van der Waals surface area contributed by atoms with Crippen molar-refractivity contribution in [1.29, 1.82) is 0 Å². The fourth-order valence-electron chi connectivity index (χ4n) is 4.50. The molecule has 0 bridgehead atoms. The average Bonchev–Trinajstić information content (AvgIpc) is 3.28. The maximum atomic E-state index is 12.9. The molecule has 1 atom stereocenters. The first-order chi connectivity index (χ1) is 18.1. The highest BCUT2D eigenvalue weighted by molar-refractivity contribution is 6.30. The highest BCUT2D eigenvalue weighted by Crippen LogP contribution is 2.41. The number of aliphatic hydroxyl groups is 1. The molecule has 0 aliphatic carbocycles. The van der Waals surface area contributed by atoms with Gasteiger partial charge in [-0.15, -0.1) is 13.2 Å². The highest BCUT2D eigenvalue weighted by Gasteiger charge is 2.33. The molecule has 4 rings (SSSR count). The lowest BCUT2D eigenvalue weighted by Gasteiger charge is -2.32. The van der Waals surface area contributed by atoms with Gasteiger partial charge in [-0.25, -0.2) is 0 Å². The maximum absolute atomic E-state index is 12.9. The summed E-state index contributed by atoms with van der Waals surface area (Å²) < 4.78 is 53.8. The van der Waals surface area contributed by atoms with Crippen molar-refractivity contribution in [2.45, 2.75) is 25.7 Å². The Morgan fingerprint density at radius 2 is 1.87 bits per heavy atom. The van der Waals surface area contributed by atoms with E-state index in [2.05, 4.69) is 16.6 Å². The number of ether oxygens (including phenoxy) is 3. The Labute approximate surface area is 224 Å². The van der Waals surface area contributed by atoms with Crippen LogP contribution in [0.15, 0.2) is 66.9 Å². The van der Waals surface area contributed by atoms with Crippen molar-refractivity contribution in [3.05, 3.63) is 88.6 Å². The molecule has 1 heterocycles. The van der Waals surface area contributed by atoms with Crippen LogP contribution >= 0.6 is 11.6 Å². The maximum Gasteiger partial charge on any atom is 0.573 e. The summed E-state index contributed by atoms with van der Waals surface area (Å²) in [5, 5.41) is 13.2. The van der Waals surface area contributed by atoms with Crippen LogP contribution in [0.3, 0.4) is 0 Å². The number of benzene rings is 3. The molecular formula is C28H28ClF3N2O4. The quantitative estimate of drug-likeness (QED) is 0.295. The van der Waals surface area contributed by atoms with Gasteiger partial charge in [0.25, 0.3) is 0 Å². The first-order valence-electron chi connectivity index (χ1n) is 11.9. The minimum atomic E-state index is -4.79. The van der Waals surface area contributed by atoms with E-state index >= 15 is 0 Å². The van der Waals surface area contributed by atoms with Crippen molar-refractivity contribution >= 4 is 23.0 Å². The summed E-state index contributed by atoms with van der Waals surface area (Å²) in [7, 11) is 1.54. The molecule has 202 valence electrons. The van der Waals surface area contributed by atoms with E-state index in [1.54, 1.807) is 30.3 Å². The second-order valence-electron chi connectivity index (χ2n) is 8.78. The number of halogens is 4. The molecule has 0 saturated carbocycles. The lowest BCUT2D eigenvalue weighted by molar-refractivity contribution is -0.274. The van der Waals surface area contributed by atoms with Gasteiger partial charge in [-0.3, -0.25) is 0 Å². The number of hydrogen-bond acceptors (Lipinski definition) is 6. The van der Waals surface area contributed by atoms with E-state index in [4.69, 9.17) is 26.2 Å². The normalized spacial score (nSPS) is 13.6. The zero-order valence-corrected chi connectivity index (χ0v) is 21.7. The van der Waals surface area contributed by atoms with E-state index in [-0.39, 0.29) is 19.0 Å². The molecule has 3 aromatic carbocycles. The fourth-order valence-corrected chi connectivity index (χ4v) is 4.73. The molecule has 3 aromatic rings. The number of methoxy groups -OCH3 is 1. The second-order valence-corrected chi connectivity index (χ2v) is 9.22. The molecule has 2 N–H and O–H groups in total. The standard InChI is InChI=1S/C28H28ClF3N2O4/c1-17-12-20(29)5-7-25(17)27(33-21-13-23(36-3)15-24(14-21)37-11-10-35)18(2)34-9-8-19-4-6-22(16-26(19)34)38-28(30,31)32/h4-7,12-16,27,33,35H,2,8-11H2,1,3H3. The summed E-state index contributed by atoms with van der Waals surface area (Å²) >= 11 is 6.22. The van der Waals surface area contributed by atoms with Crippen LogP contribution in [0.4, 0.5) is 24.5 Å². The molecule has 10 heteroatoms. The topological polar surface area (TPSA) is 63.2 Å². The predicted molar refractivity (Wildman–Crippen MR) is 141 cm³/mol. The van der Waals surface area contributed by atoms with Crippen LogP contribution in [0.5, 0.6) is 17.2 Å². The van der Waals surface area contributed by atoms with Crippen LogP contribution in [0.1, 0.15) is 22.7 Å². The average molecular weight is 549 g/mol. The molecule has 0 spiro atoms. The Morgan fingerprint density at radius 3 is 2.55 bits per heavy atom. The summed E-state index contributed by atoms with van der Waals surface area (Å²) in [5.41, 5.74) is 4.58. The number of nitrogens with one attached hydrogen (secondary N) is 1. The number of aliphatic hydroxyl groups excluding tert-OH is 1. The van der Waals surface area contributed by atoms with Gasteiger partial charge in [0.15, 0.2) is 0 Å². The molecule has 0 amide bonds. The van der Waals surface area contributed by atoms with E-state index in [1.807, 2.05) is 24.0 Å². The van der Waals surface area contributed by atoms with Crippen LogP contribution in [0, 0.1) is 6.92 Å². The number of rotatable bonds is 10. The van der Waals surface area contributed by atoms with Crippen LogP contribution in [0.25, 0.3) is 0 Å². The van der Waals surface area contributed by atoms with Gasteiger partial charge in [0.2, 0.25) is 0 Å². The summed E-state index contributed by atoms with van der Waals surface area (Å²) in [4.78, 5) is 1.90. The molecule has 0 radical (unpaired) electrons.